The average molecular weight is 335 g/mol. The molecule has 6 heteroatoms. The summed E-state index contributed by atoms with van der Waals surface area (Å²) in [5.74, 6) is -0.384. The zero-order valence-electron chi connectivity index (χ0n) is 13.4. The molecule has 124 valence electrons. The molecular formula is C17H21NO4S. The SMILES string of the molecule is Cc1ccc(C)c(S(=O)(=O)NCCc2cc(O)c(O)cc2C)c1. The number of nitrogens with one attached hydrogen (secondary N) is 1. The first-order valence-corrected chi connectivity index (χ1v) is 8.77. The van der Waals surface area contributed by atoms with Gasteiger partial charge in [0.05, 0.1) is 4.90 Å². The molecule has 0 atom stereocenters. The Kier molecular flexibility index (Phi) is 4.97. The van der Waals surface area contributed by atoms with E-state index in [0.717, 1.165) is 16.7 Å². The molecule has 0 unspecified atom stereocenters. The number of aryl methyl sites for hydroxylation is 3. The van der Waals surface area contributed by atoms with Crippen molar-refractivity contribution in [2.75, 3.05) is 6.54 Å². The van der Waals surface area contributed by atoms with Crippen LogP contribution in [0.5, 0.6) is 11.5 Å². The first-order valence-electron chi connectivity index (χ1n) is 7.29. The molecule has 0 heterocycles. The first-order chi connectivity index (χ1) is 10.7. The molecule has 0 saturated heterocycles. The van der Waals surface area contributed by atoms with Gasteiger partial charge in [0.2, 0.25) is 10.0 Å². The molecule has 0 aliphatic heterocycles. The molecule has 0 aliphatic carbocycles. The van der Waals surface area contributed by atoms with Gasteiger partial charge in [-0.2, -0.15) is 0 Å². The van der Waals surface area contributed by atoms with Crippen molar-refractivity contribution in [1.29, 1.82) is 0 Å². The molecule has 2 rings (SSSR count). The van der Waals surface area contributed by atoms with Crippen LogP contribution in [0.4, 0.5) is 0 Å². The van der Waals surface area contributed by atoms with Gasteiger partial charge in [0.1, 0.15) is 0 Å². The van der Waals surface area contributed by atoms with E-state index in [2.05, 4.69) is 4.72 Å². The lowest BCUT2D eigenvalue weighted by Crippen LogP contribution is -2.26. The van der Waals surface area contributed by atoms with Gasteiger partial charge in [-0.05, 0) is 67.6 Å². The Morgan fingerprint density at radius 2 is 1.61 bits per heavy atom. The third-order valence-corrected chi connectivity index (χ3v) is 5.36. The van der Waals surface area contributed by atoms with Crippen LogP contribution in [-0.4, -0.2) is 25.2 Å². The minimum absolute atomic E-state index is 0.179. The Bertz CT molecular complexity index is 829. The topological polar surface area (TPSA) is 86.6 Å². The van der Waals surface area contributed by atoms with Gasteiger partial charge in [-0.1, -0.05) is 12.1 Å². The van der Waals surface area contributed by atoms with E-state index in [1.165, 1.54) is 12.1 Å². The summed E-state index contributed by atoms with van der Waals surface area (Å²) in [6, 6.07) is 8.22. The Balaban J connectivity index is 2.11. The fraction of sp³-hybridized carbons (Fsp3) is 0.294. The van der Waals surface area contributed by atoms with Gasteiger partial charge in [0.25, 0.3) is 0 Å². The van der Waals surface area contributed by atoms with Crippen LogP contribution >= 0.6 is 0 Å². The molecule has 0 saturated carbocycles. The van der Waals surface area contributed by atoms with E-state index >= 15 is 0 Å². The molecule has 2 aromatic rings. The van der Waals surface area contributed by atoms with Crippen molar-refractivity contribution in [3.05, 3.63) is 52.6 Å². The quantitative estimate of drug-likeness (QED) is 0.733. The van der Waals surface area contributed by atoms with Crippen LogP contribution in [0.25, 0.3) is 0 Å². The molecule has 0 fully saturated rings. The maximum Gasteiger partial charge on any atom is 0.240 e. The highest BCUT2D eigenvalue weighted by atomic mass is 32.2. The van der Waals surface area contributed by atoms with Gasteiger partial charge < -0.3 is 10.2 Å². The number of hydrogen-bond donors (Lipinski definition) is 3. The van der Waals surface area contributed by atoms with E-state index < -0.39 is 10.0 Å². The van der Waals surface area contributed by atoms with Gasteiger partial charge >= 0.3 is 0 Å². The number of rotatable bonds is 5. The molecule has 0 aliphatic rings. The number of phenolic OH excluding ortho intramolecular Hbond substituents is 2. The highest BCUT2D eigenvalue weighted by Gasteiger charge is 2.16. The van der Waals surface area contributed by atoms with Gasteiger partial charge in [-0.3, -0.25) is 0 Å². The summed E-state index contributed by atoms with van der Waals surface area (Å²) in [7, 11) is -3.58. The van der Waals surface area contributed by atoms with Crippen LogP contribution in [-0.2, 0) is 16.4 Å². The van der Waals surface area contributed by atoms with Gasteiger partial charge in [0, 0.05) is 6.54 Å². The van der Waals surface area contributed by atoms with Crippen LogP contribution in [0, 0.1) is 20.8 Å². The van der Waals surface area contributed by atoms with Crippen molar-refractivity contribution in [3.8, 4) is 11.5 Å². The summed E-state index contributed by atoms with van der Waals surface area (Å²) in [5.41, 5.74) is 3.16. The van der Waals surface area contributed by atoms with Crippen molar-refractivity contribution < 1.29 is 18.6 Å². The molecule has 0 radical (unpaired) electrons. The molecular weight excluding hydrogens is 314 g/mol. The molecule has 0 aromatic heterocycles. The Morgan fingerprint density at radius 1 is 0.957 bits per heavy atom. The Hall–Kier alpha value is -2.05. The molecule has 0 spiro atoms. The second-order valence-corrected chi connectivity index (χ2v) is 7.42. The molecule has 3 N–H and O–H groups in total. The summed E-state index contributed by atoms with van der Waals surface area (Å²) >= 11 is 0. The van der Waals surface area contributed by atoms with E-state index in [9.17, 15) is 18.6 Å². The van der Waals surface area contributed by atoms with E-state index in [-0.39, 0.29) is 22.9 Å². The van der Waals surface area contributed by atoms with Crippen molar-refractivity contribution in [2.24, 2.45) is 0 Å². The third kappa shape index (κ3) is 4.03. The van der Waals surface area contributed by atoms with Crippen molar-refractivity contribution in [2.45, 2.75) is 32.1 Å². The lowest BCUT2D eigenvalue weighted by atomic mass is 10.1. The zero-order valence-corrected chi connectivity index (χ0v) is 14.2. The lowest BCUT2D eigenvalue weighted by molar-refractivity contribution is 0.402. The third-order valence-electron chi connectivity index (χ3n) is 3.75. The maximum absolute atomic E-state index is 12.4. The standard InChI is InChI=1S/C17H21NO4S/c1-11-4-5-12(2)17(8-11)23(21,22)18-7-6-14-10-16(20)15(19)9-13(14)3/h4-5,8-10,18-20H,6-7H2,1-3H3. The summed E-state index contributed by atoms with van der Waals surface area (Å²) < 4.78 is 27.4. The van der Waals surface area contributed by atoms with Gasteiger partial charge in [0.15, 0.2) is 11.5 Å². The smallest absolute Gasteiger partial charge is 0.240 e. The van der Waals surface area contributed by atoms with Crippen LogP contribution in [0.2, 0.25) is 0 Å². The Morgan fingerprint density at radius 3 is 2.30 bits per heavy atom. The fourth-order valence-corrected chi connectivity index (χ4v) is 3.75. The summed E-state index contributed by atoms with van der Waals surface area (Å²) in [6.45, 7) is 5.62. The monoisotopic (exact) mass is 335 g/mol. The second kappa shape index (κ2) is 6.60. The predicted molar refractivity (Wildman–Crippen MR) is 89.3 cm³/mol. The van der Waals surface area contributed by atoms with Gasteiger partial charge in [-0.15, -0.1) is 0 Å². The number of phenols is 2. The highest BCUT2D eigenvalue weighted by Crippen LogP contribution is 2.28. The number of benzene rings is 2. The number of aromatic hydroxyl groups is 2. The molecule has 2 aromatic carbocycles. The van der Waals surface area contributed by atoms with Gasteiger partial charge in [-0.25, -0.2) is 13.1 Å². The maximum atomic E-state index is 12.4. The van der Waals surface area contributed by atoms with Crippen LogP contribution in [0.1, 0.15) is 22.3 Å². The summed E-state index contributed by atoms with van der Waals surface area (Å²) in [4.78, 5) is 0.280. The van der Waals surface area contributed by atoms with Crippen molar-refractivity contribution in [3.63, 3.8) is 0 Å². The van der Waals surface area contributed by atoms with E-state index in [0.29, 0.717) is 12.0 Å². The van der Waals surface area contributed by atoms with Crippen molar-refractivity contribution >= 4 is 10.0 Å². The fourth-order valence-electron chi connectivity index (χ4n) is 2.39. The summed E-state index contributed by atoms with van der Waals surface area (Å²) in [6.07, 6.45) is 0.420. The normalized spacial score (nSPS) is 11.6. The zero-order chi connectivity index (χ0) is 17.2. The largest absolute Gasteiger partial charge is 0.504 e. The molecule has 0 bridgehead atoms. The molecule has 5 nitrogen and oxygen atoms in total. The average Bonchev–Trinajstić information content (AvgIpc) is 2.46. The number of sulfonamides is 1. The highest BCUT2D eigenvalue weighted by molar-refractivity contribution is 7.89. The molecule has 0 amide bonds. The minimum Gasteiger partial charge on any atom is -0.504 e. The minimum atomic E-state index is -3.58. The molecule has 23 heavy (non-hydrogen) atoms. The predicted octanol–water partition coefficient (Wildman–Crippen LogP) is 2.54. The Labute approximate surface area is 136 Å². The van der Waals surface area contributed by atoms with Crippen LogP contribution < -0.4 is 4.72 Å². The first kappa shape index (κ1) is 17.3. The van der Waals surface area contributed by atoms with E-state index in [4.69, 9.17) is 0 Å². The van der Waals surface area contributed by atoms with E-state index in [1.807, 2.05) is 13.0 Å². The number of hydrogen-bond acceptors (Lipinski definition) is 4. The van der Waals surface area contributed by atoms with Crippen LogP contribution in [0.3, 0.4) is 0 Å². The summed E-state index contributed by atoms with van der Waals surface area (Å²) in [5, 5.41) is 19.0. The lowest BCUT2D eigenvalue weighted by Gasteiger charge is -2.11. The van der Waals surface area contributed by atoms with E-state index in [1.54, 1.807) is 26.0 Å². The van der Waals surface area contributed by atoms with Crippen molar-refractivity contribution in [1.82, 2.24) is 4.72 Å². The van der Waals surface area contributed by atoms with Crippen LogP contribution in [0.15, 0.2) is 35.2 Å². The second-order valence-electron chi connectivity index (χ2n) is 5.68.